The number of fused-ring (bicyclic) bond motifs is 3. The first-order valence-corrected chi connectivity index (χ1v) is 19.9. The Hall–Kier alpha value is -2.43. The van der Waals surface area contributed by atoms with E-state index in [0.717, 1.165) is 11.1 Å². The highest BCUT2D eigenvalue weighted by Crippen LogP contribution is 2.62. The van der Waals surface area contributed by atoms with E-state index in [0.29, 0.717) is 29.2 Å². The van der Waals surface area contributed by atoms with E-state index >= 15 is 0 Å². The fourth-order valence-electron chi connectivity index (χ4n) is 9.00. The van der Waals surface area contributed by atoms with Crippen LogP contribution < -0.4 is 10.4 Å². The normalized spacial score (nSPS) is 32.3. The molecule has 0 bridgehead atoms. The second kappa shape index (κ2) is 10.0. The Morgan fingerprint density at radius 3 is 1.62 bits per heavy atom. The minimum absolute atomic E-state index is 0.608. The van der Waals surface area contributed by atoms with E-state index in [4.69, 9.17) is 0 Å². The first-order valence-electron chi connectivity index (χ1n) is 14.5. The van der Waals surface area contributed by atoms with Crippen LogP contribution in [0.25, 0.3) is 0 Å². The predicted octanol–water partition coefficient (Wildman–Crippen LogP) is 8.17. The monoisotopic (exact) mass is 518 g/mol. The van der Waals surface area contributed by atoms with Gasteiger partial charge < -0.3 is 0 Å². The van der Waals surface area contributed by atoms with Gasteiger partial charge in [0.2, 0.25) is 0 Å². The van der Waals surface area contributed by atoms with Crippen LogP contribution >= 0.6 is 0 Å². The molecule has 0 heterocycles. The van der Waals surface area contributed by atoms with Crippen molar-refractivity contribution in [1.29, 1.82) is 0 Å². The zero-order valence-corrected chi connectivity index (χ0v) is 24.5. The predicted molar refractivity (Wildman–Crippen MR) is 166 cm³/mol. The Morgan fingerprint density at radius 2 is 1.14 bits per heavy atom. The van der Waals surface area contributed by atoms with Crippen molar-refractivity contribution in [3.63, 3.8) is 0 Å². The van der Waals surface area contributed by atoms with Crippen LogP contribution in [0.4, 0.5) is 0 Å². The van der Waals surface area contributed by atoms with Crippen LogP contribution in [-0.2, 0) is 0 Å². The molecule has 0 N–H and O–H groups in total. The standard InChI is InChI=1S/C35H42Si2/c1-4-25-36(2,3)29-23-24-30(26-29)37(27-15-7-5-8-16-27,28-17-9-6-10-18-28)35-33-21-13-11-19-31(33)32-20-12-14-22-34(32)35/h4-22,29-35H,1,23-26H2,2-3H3. The molecule has 0 saturated heterocycles. The Labute approximate surface area is 226 Å². The zero-order chi connectivity index (χ0) is 25.5. The average Bonchev–Trinajstić information content (AvgIpc) is 3.56. The SMILES string of the molecule is C=CC[Si](C)(C)C1CCC([Si](c2ccccc2)(c2ccccc2)C2C3C=CC=CC3C3C=CC=CC32)C1. The number of benzene rings is 2. The van der Waals surface area contributed by atoms with Crippen molar-refractivity contribution in [3.05, 3.63) is 122 Å². The Kier molecular flexibility index (Phi) is 6.75. The first kappa shape index (κ1) is 24.9. The third kappa shape index (κ3) is 4.08. The fraction of sp³-hybridized carbons (Fsp3) is 0.371. The average molecular weight is 519 g/mol. The number of hydrogen-bond acceptors (Lipinski definition) is 0. The molecule has 2 aromatic carbocycles. The molecule has 0 amide bonds. The zero-order valence-electron chi connectivity index (χ0n) is 22.5. The molecule has 0 nitrogen and oxygen atoms in total. The lowest BCUT2D eigenvalue weighted by Crippen LogP contribution is -2.66. The van der Waals surface area contributed by atoms with E-state index in [9.17, 15) is 0 Å². The lowest BCUT2D eigenvalue weighted by Gasteiger charge is -2.48. The van der Waals surface area contributed by atoms with E-state index in [2.05, 4.69) is 135 Å². The molecule has 2 saturated carbocycles. The molecule has 4 aliphatic carbocycles. The Bertz CT molecular complexity index is 1140. The minimum Gasteiger partial charge on any atom is -0.103 e. The number of allylic oxidation sites excluding steroid dienone is 9. The molecule has 4 aliphatic rings. The summed E-state index contributed by atoms with van der Waals surface area (Å²) in [6.07, 6.45) is 26.0. The quantitative estimate of drug-likeness (QED) is 0.256. The summed E-state index contributed by atoms with van der Waals surface area (Å²) in [6, 6.07) is 25.0. The van der Waals surface area contributed by atoms with E-state index < -0.39 is 16.1 Å². The van der Waals surface area contributed by atoms with Gasteiger partial charge in [0.15, 0.2) is 0 Å². The summed E-state index contributed by atoms with van der Waals surface area (Å²) in [5.41, 5.74) is 2.34. The smallest absolute Gasteiger partial charge is 0.103 e. The van der Waals surface area contributed by atoms with Crippen molar-refractivity contribution in [2.75, 3.05) is 0 Å². The van der Waals surface area contributed by atoms with E-state index in [1.807, 2.05) is 0 Å². The number of hydrogen-bond donors (Lipinski definition) is 0. The third-order valence-electron chi connectivity index (χ3n) is 10.6. The van der Waals surface area contributed by atoms with Gasteiger partial charge in [-0.25, -0.2) is 0 Å². The highest BCUT2D eigenvalue weighted by atomic mass is 28.3. The molecule has 2 heteroatoms. The van der Waals surface area contributed by atoms with Gasteiger partial charge in [-0.15, -0.1) is 6.58 Å². The van der Waals surface area contributed by atoms with Crippen molar-refractivity contribution in [2.24, 2.45) is 23.7 Å². The maximum absolute atomic E-state index is 4.15. The van der Waals surface area contributed by atoms with Crippen molar-refractivity contribution >= 4 is 26.5 Å². The van der Waals surface area contributed by atoms with Crippen LogP contribution in [0.15, 0.2) is 122 Å². The van der Waals surface area contributed by atoms with Gasteiger partial charge in [-0.1, -0.05) is 158 Å². The van der Waals surface area contributed by atoms with Crippen LogP contribution in [-0.4, -0.2) is 16.1 Å². The van der Waals surface area contributed by atoms with E-state index in [-0.39, 0.29) is 0 Å². The molecule has 37 heavy (non-hydrogen) atoms. The number of rotatable bonds is 7. The van der Waals surface area contributed by atoms with E-state index in [1.54, 1.807) is 10.4 Å². The molecular weight excluding hydrogens is 477 g/mol. The van der Waals surface area contributed by atoms with Crippen molar-refractivity contribution in [1.82, 2.24) is 0 Å². The van der Waals surface area contributed by atoms with Crippen LogP contribution in [0.5, 0.6) is 0 Å². The van der Waals surface area contributed by atoms with Gasteiger partial charge in [-0.3, -0.25) is 0 Å². The summed E-state index contributed by atoms with van der Waals surface area (Å²) in [6.45, 7) is 9.40. The third-order valence-corrected chi connectivity index (χ3v) is 20.9. The molecule has 6 unspecified atom stereocenters. The lowest BCUT2D eigenvalue weighted by molar-refractivity contribution is 0.461. The van der Waals surface area contributed by atoms with Crippen molar-refractivity contribution in [3.8, 4) is 0 Å². The Balaban J connectivity index is 1.57. The maximum atomic E-state index is 4.15. The summed E-state index contributed by atoms with van der Waals surface area (Å²) in [5.74, 6) is 2.45. The topological polar surface area (TPSA) is 0 Å². The van der Waals surface area contributed by atoms with Gasteiger partial charge in [-0.05, 0) is 46.3 Å². The lowest BCUT2D eigenvalue weighted by atomic mass is 9.83. The van der Waals surface area contributed by atoms with Gasteiger partial charge >= 0.3 is 0 Å². The van der Waals surface area contributed by atoms with E-state index in [1.165, 1.54) is 25.3 Å². The Morgan fingerprint density at radius 1 is 0.676 bits per heavy atom. The minimum atomic E-state index is -2.22. The molecule has 6 atom stereocenters. The van der Waals surface area contributed by atoms with Gasteiger partial charge in [0.25, 0.3) is 0 Å². The van der Waals surface area contributed by atoms with Crippen molar-refractivity contribution in [2.45, 2.75) is 55.0 Å². The van der Waals surface area contributed by atoms with Gasteiger partial charge in [0.1, 0.15) is 8.07 Å². The van der Waals surface area contributed by atoms with Crippen LogP contribution in [0.3, 0.4) is 0 Å². The largest absolute Gasteiger partial charge is 0.125 e. The highest BCUT2D eigenvalue weighted by molar-refractivity contribution is 7.04. The van der Waals surface area contributed by atoms with Crippen LogP contribution in [0.2, 0.25) is 35.8 Å². The van der Waals surface area contributed by atoms with Gasteiger partial charge in [0, 0.05) is 0 Å². The van der Waals surface area contributed by atoms with Crippen molar-refractivity contribution < 1.29 is 0 Å². The summed E-state index contributed by atoms with van der Waals surface area (Å²) in [4.78, 5) is 0. The molecule has 0 spiro atoms. The maximum Gasteiger partial charge on any atom is 0.125 e. The highest BCUT2D eigenvalue weighted by Gasteiger charge is 2.62. The van der Waals surface area contributed by atoms with Crippen LogP contribution in [0.1, 0.15) is 19.3 Å². The molecular formula is C35H42Si2. The molecule has 2 fully saturated rings. The molecule has 6 rings (SSSR count). The fourth-order valence-corrected chi connectivity index (χ4v) is 19.4. The van der Waals surface area contributed by atoms with Crippen LogP contribution in [0, 0.1) is 23.7 Å². The summed E-state index contributed by atoms with van der Waals surface area (Å²) >= 11 is 0. The summed E-state index contributed by atoms with van der Waals surface area (Å²) in [5, 5.41) is 3.34. The molecule has 190 valence electrons. The molecule has 2 aromatic rings. The second-order valence-corrected chi connectivity index (χ2v) is 22.2. The second-order valence-electron chi connectivity index (χ2n) is 12.7. The first-order chi connectivity index (χ1) is 18.1. The summed E-state index contributed by atoms with van der Waals surface area (Å²) < 4.78 is 0. The van der Waals surface area contributed by atoms with Gasteiger partial charge in [0.05, 0.1) is 8.07 Å². The molecule has 0 aromatic heterocycles. The molecule has 0 radical (unpaired) electrons. The summed E-state index contributed by atoms with van der Waals surface area (Å²) in [7, 11) is -3.56. The van der Waals surface area contributed by atoms with Gasteiger partial charge in [-0.2, -0.15) is 0 Å². The molecule has 0 aliphatic heterocycles.